The quantitative estimate of drug-likeness (QED) is 0.630. The Labute approximate surface area is 88.0 Å². The molecule has 80 valence electrons. The van der Waals surface area contributed by atoms with Crippen LogP contribution in [-0.4, -0.2) is 13.1 Å². The monoisotopic (exact) mass is 193 g/mol. The minimum atomic E-state index is 1.02. The van der Waals surface area contributed by atoms with Gasteiger partial charge in [0.05, 0.1) is 0 Å². The maximum Gasteiger partial charge on any atom is 0.0167 e. The standard InChI is InChI=1S/C13H23N/c1-2-11-5-7-12(8-6-11)13-4-3-9-14-10-13/h11,14H,2-10H2,1H3. The van der Waals surface area contributed by atoms with Gasteiger partial charge in [-0.1, -0.05) is 24.5 Å². The highest BCUT2D eigenvalue weighted by Gasteiger charge is 2.18. The van der Waals surface area contributed by atoms with E-state index in [-0.39, 0.29) is 0 Å². The number of hydrogen-bond donors (Lipinski definition) is 1. The normalized spacial score (nSPS) is 29.4. The Balaban J connectivity index is 1.92. The Kier molecular flexibility index (Phi) is 3.63. The maximum absolute atomic E-state index is 3.50. The summed E-state index contributed by atoms with van der Waals surface area (Å²) in [6.07, 6.45) is 9.83. The molecule has 0 atom stereocenters. The summed E-state index contributed by atoms with van der Waals surface area (Å²) < 4.78 is 0. The van der Waals surface area contributed by atoms with E-state index in [4.69, 9.17) is 0 Å². The first-order valence-electron chi connectivity index (χ1n) is 6.30. The zero-order chi connectivity index (χ0) is 9.80. The Hall–Kier alpha value is -0.300. The minimum Gasteiger partial charge on any atom is -0.313 e. The molecular weight excluding hydrogens is 170 g/mol. The molecule has 1 heterocycles. The van der Waals surface area contributed by atoms with Crippen molar-refractivity contribution in [2.45, 2.75) is 51.9 Å². The molecule has 1 saturated carbocycles. The van der Waals surface area contributed by atoms with E-state index in [9.17, 15) is 0 Å². The first-order valence-corrected chi connectivity index (χ1v) is 6.30. The fourth-order valence-corrected chi connectivity index (χ4v) is 2.84. The third kappa shape index (κ3) is 2.38. The maximum atomic E-state index is 3.50. The second-order valence-corrected chi connectivity index (χ2v) is 4.84. The highest BCUT2D eigenvalue weighted by atomic mass is 14.9. The molecule has 2 aliphatic rings. The van der Waals surface area contributed by atoms with Crippen molar-refractivity contribution in [3.63, 3.8) is 0 Å². The van der Waals surface area contributed by atoms with E-state index in [1.54, 1.807) is 5.57 Å². The fraction of sp³-hybridized carbons (Fsp3) is 0.846. The van der Waals surface area contributed by atoms with Crippen LogP contribution in [0.2, 0.25) is 0 Å². The molecule has 1 N–H and O–H groups in total. The zero-order valence-electron chi connectivity index (χ0n) is 9.44. The molecular formula is C13H23N. The van der Waals surface area contributed by atoms with Gasteiger partial charge in [0.25, 0.3) is 0 Å². The smallest absolute Gasteiger partial charge is 0.0167 e. The van der Waals surface area contributed by atoms with E-state index >= 15 is 0 Å². The molecule has 1 aliphatic heterocycles. The molecule has 1 heteroatoms. The van der Waals surface area contributed by atoms with Gasteiger partial charge in [-0.2, -0.15) is 0 Å². The molecule has 0 bridgehead atoms. The Bertz CT molecular complexity index is 199. The van der Waals surface area contributed by atoms with Crippen LogP contribution in [0.4, 0.5) is 0 Å². The van der Waals surface area contributed by atoms with Crippen molar-refractivity contribution in [2.24, 2.45) is 5.92 Å². The van der Waals surface area contributed by atoms with Gasteiger partial charge in [0.15, 0.2) is 0 Å². The lowest BCUT2D eigenvalue weighted by atomic mass is 9.81. The summed E-state index contributed by atoms with van der Waals surface area (Å²) in [5, 5.41) is 3.50. The molecule has 1 nitrogen and oxygen atoms in total. The van der Waals surface area contributed by atoms with Gasteiger partial charge in [-0.3, -0.25) is 0 Å². The topological polar surface area (TPSA) is 12.0 Å². The van der Waals surface area contributed by atoms with Crippen LogP contribution in [0.3, 0.4) is 0 Å². The number of allylic oxidation sites excluding steroid dienone is 1. The number of piperidine rings is 1. The van der Waals surface area contributed by atoms with Gasteiger partial charge in [-0.15, -0.1) is 0 Å². The number of rotatable bonds is 1. The van der Waals surface area contributed by atoms with E-state index in [0.29, 0.717) is 0 Å². The van der Waals surface area contributed by atoms with E-state index < -0.39 is 0 Å². The minimum absolute atomic E-state index is 1.02. The van der Waals surface area contributed by atoms with E-state index in [2.05, 4.69) is 12.2 Å². The Morgan fingerprint density at radius 1 is 1.14 bits per heavy atom. The number of nitrogens with one attached hydrogen (secondary N) is 1. The Morgan fingerprint density at radius 3 is 2.50 bits per heavy atom. The lowest BCUT2D eigenvalue weighted by Gasteiger charge is -2.27. The second-order valence-electron chi connectivity index (χ2n) is 4.84. The molecule has 0 amide bonds. The van der Waals surface area contributed by atoms with Crippen molar-refractivity contribution >= 4 is 0 Å². The summed E-state index contributed by atoms with van der Waals surface area (Å²) in [4.78, 5) is 0. The predicted molar refractivity (Wildman–Crippen MR) is 61.4 cm³/mol. The van der Waals surface area contributed by atoms with Crippen molar-refractivity contribution < 1.29 is 0 Å². The van der Waals surface area contributed by atoms with Crippen LogP contribution >= 0.6 is 0 Å². The summed E-state index contributed by atoms with van der Waals surface area (Å²) in [7, 11) is 0. The lowest BCUT2D eigenvalue weighted by molar-refractivity contribution is 0.392. The average molecular weight is 193 g/mol. The van der Waals surface area contributed by atoms with Gasteiger partial charge in [-0.25, -0.2) is 0 Å². The molecule has 0 aromatic heterocycles. The van der Waals surface area contributed by atoms with E-state index in [0.717, 1.165) is 5.92 Å². The van der Waals surface area contributed by atoms with Gasteiger partial charge in [-0.05, 0) is 51.0 Å². The van der Waals surface area contributed by atoms with Crippen LogP contribution in [0, 0.1) is 5.92 Å². The van der Waals surface area contributed by atoms with E-state index in [1.165, 1.54) is 58.0 Å². The molecule has 1 saturated heterocycles. The molecule has 0 radical (unpaired) electrons. The third-order valence-corrected chi connectivity index (χ3v) is 3.96. The summed E-state index contributed by atoms with van der Waals surface area (Å²) in [6.45, 7) is 4.76. The van der Waals surface area contributed by atoms with Crippen LogP contribution < -0.4 is 5.32 Å². The van der Waals surface area contributed by atoms with Gasteiger partial charge in [0.2, 0.25) is 0 Å². The van der Waals surface area contributed by atoms with Gasteiger partial charge >= 0.3 is 0 Å². The molecule has 0 spiro atoms. The largest absolute Gasteiger partial charge is 0.313 e. The van der Waals surface area contributed by atoms with E-state index in [1.807, 2.05) is 5.57 Å². The first-order chi connectivity index (χ1) is 6.90. The molecule has 0 aromatic carbocycles. The van der Waals surface area contributed by atoms with Crippen LogP contribution in [0.15, 0.2) is 11.1 Å². The summed E-state index contributed by atoms with van der Waals surface area (Å²) >= 11 is 0. The summed E-state index contributed by atoms with van der Waals surface area (Å²) in [5.74, 6) is 1.02. The summed E-state index contributed by atoms with van der Waals surface area (Å²) in [5.41, 5.74) is 3.56. The molecule has 14 heavy (non-hydrogen) atoms. The van der Waals surface area contributed by atoms with Gasteiger partial charge < -0.3 is 5.32 Å². The van der Waals surface area contributed by atoms with Crippen LogP contribution in [0.1, 0.15) is 51.9 Å². The van der Waals surface area contributed by atoms with Crippen LogP contribution in [0.5, 0.6) is 0 Å². The molecule has 0 unspecified atom stereocenters. The summed E-state index contributed by atoms with van der Waals surface area (Å²) in [6, 6.07) is 0. The van der Waals surface area contributed by atoms with Crippen molar-refractivity contribution in [1.29, 1.82) is 0 Å². The van der Waals surface area contributed by atoms with Crippen LogP contribution in [0.25, 0.3) is 0 Å². The highest BCUT2D eigenvalue weighted by Crippen LogP contribution is 2.33. The molecule has 1 aliphatic carbocycles. The van der Waals surface area contributed by atoms with Crippen molar-refractivity contribution in [3.8, 4) is 0 Å². The van der Waals surface area contributed by atoms with Crippen LogP contribution in [-0.2, 0) is 0 Å². The average Bonchev–Trinajstić information content (AvgIpc) is 2.30. The van der Waals surface area contributed by atoms with Crippen molar-refractivity contribution in [1.82, 2.24) is 5.32 Å². The predicted octanol–water partition coefficient (Wildman–Crippen LogP) is 3.27. The third-order valence-electron chi connectivity index (χ3n) is 3.96. The molecule has 2 rings (SSSR count). The van der Waals surface area contributed by atoms with Gasteiger partial charge in [0, 0.05) is 6.54 Å². The Morgan fingerprint density at radius 2 is 1.93 bits per heavy atom. The second kappa shape index (κ2) is 4.97. The number of hydrogen-bond acceptors (Lipinski definition) is 1. The lowest BCUT2D eigenvalue weighted by Crippen LogP contribution is -2.25. The SMILES string of the molecule is CCC1CCC(=C2CCCNC2)CC1. The molecule has 0 aromatic rings. The van der Waals surface area contributed by atoms with Crippen molar-refractivity contribution in [2.75, 3.05) is 13.1 Å². The zero-order valence-corrected chi connectivity index (χ0v) is 9.44. The fourth-order valence-electron chi connectivity index (χ4n) is 2.84. The molecule has 2 fully saturated rings. The van der Waals surface area contributed by atoms with Crippen molar-refractivity contribution in [3.05, 3.63) is 11.1 Å². The first kappa shape index (κ1) is 10.2. The van der Waals surface area contributed by atoms with Gasteiger partial charge in [0.1, 0.15) is 0 Å². The highest BCUT2D eigenvalue weighted by molar-refractivity contribution is 5.19.